The third-order valence-corrected chi connectivity index (χ3v) is 4.46. The van der Waals surface area contributed by atoms with E-state index in [9.17, 15) is 4.79 Å². The maximum absolute atomic E-state index is 10.2. The molecule has 6 N–H and O–H groups in total. The Bertz CT molecular complexity index is 872. The summed E-state index contributed by atoms with van der Waals surface area (Å²) in [6.45, 7) is 3.71. The zero-order chi connectivity index (χ0) is 23.6. The molecule has 0 radical (unpaired) electrons. The number of rotatable bonds is 8. The lowest BCUT2D eigenvalue weighted by molar-refractivity contribution is -0.120. The smallest absolute Gasteiger partial charge is 0.234 e. The molecule has 0 aliphatic carbocycles. The summed E-state index contributed by atoms with van der Waals surface area (Å²) >= 11 is 0. The molecule has 0 heterocycles. The number of nitrogens with two attached hydrogens (primary N) is 3. The van der Waals surface area contributed by atoms with Gasteiger partial charge in [-0.05, 0) is 41.3 Å². The highest BCUT2D eigenvalue weighted by atomic mass is 16.5. The summed E-state index contributed by atoms with van der Waals surface area (Å²) in [5, 5.41) is 0. The molecule has 170 valence electrons. The molecule has 8 heteroatoms. The van der Waals surface area contributed by atoms with Gasteiger partial charge in [-0.15, -0.1) is 0 Å². The fraction of sp³-hybridized carbons (Fsp3) is 0.348. The summed E-state index contributed by atoms with van der Waals surface area (Å²) in [5.74, 6) is 2.17. The number of anilines is 1. The SMILES string of the molecule is CC(C)[C@H](N)C(N)=O.COc1ccc(C=Cc2cc(OC)c(OC)c(OC)c2)cc1N. The van der Waals surface area contributed by atoms with Crippen LogP contribution >= 0.6 is 0 Å². The topological polar surface area (TPSA) is 132 Å². The predicted molar refractivity (Wildman–Crippen MR) is 124 cm³/mol. The van der Waals surface area contributed by atoms with E-state index in [0.717, 1.165) is 11.1 Å². The quantitative estimate of drug-likeness (QED) is 0.432. The minimum absolute atomic E-state index is 0.146. The van der Waals surface area contributed by atoms with Gasteiger partial charge in [0.15, 0.2) is 11.5 Å². The normalized spacial score (nSPS) is 11.5. The molecule has 31 heavy (non-hydrogen) atoms. The molecule has 0 saturated carbocycles. The molecule has 0 fully saturated rings. The molecule has 0 aliphatic rings. The van der Waals surface area contributed by atoms with E-state index in [-0.39, 0.29) is 5.92 Å². The van der Waals surface area contributed by atoms with Gasteiger partial charge in [-0.2, -0.15) is 0 Å². The van der Waals surface area contributed by atoms with Crippen LogP contribution in [0.25, 0.3) is 12.2 Å². The average Bonchev–Trinajstić information content (AvgIpc) is 2.76. The van der Waals surface area contributed by atoms with Gasteiger partial charge in [0.05, 0.1) is 40.2 Å². The number of ether oxygens (including phenoxy) is 4. The van der Waals surface area contributed by atoms with E-state index in [4.69, 9.17) is 36.1 Å². The molecule has 1 amide bonds. The van der Waals surface area contributed by atoms with Crippen molar-refractivity contribution in [2.24, 2.45) is 17.4 Å². The van der Waals surface area contributed by atoms with Crippen LogP contribution in [0.1, 0.15) is 25.0 Å². The van der Waals surface area contributed by atoms with Gasteiger partial charge in [0.1, 0.15) is 5.75 Å². The Kier molecular flexibility index (Phi) is 10.2. The average molecular weight is 432 g/mol. The third kappa shape index (κ3) is 7.42. The Balaban J connectivity index is 0.000000512. The van der Waals surface area contributed by atoms with Crippen molar-refractivity contribution in [1.29, 1.82) is 0 Å². The number of primary amides is 1. The van der Waals surface area contributed by atoms with E-state index in [1.165, 1.54) is 0 Å². The molecule has 0 aliphatic heterocycles. The van der Waals surface area contributed by atoms with Crippen LogP contribution in [-0.4, -0.2) is 40.4 Å². The van der Waals surface area contributed by atoms with Crippen LogP contribution in [0.3, 0.4) is 0 Å². The van der Waals surface area contributed by atoms with E-state index in [1.54, 1.807) is 28.4 Å². The van der Waals surface area contributed by atoms with Crippen LogP contribution in [0.2, 0.25) is 0 Å². The van der Waals surface area contributed by atoms with Gasteiger partial charge in [0.25, 0.3) is 0 Å². The lowest BCUT2D eigenvalue weighted by Gasteiger charge is -2.12. The maximum atomic E-state index is 10.2. The Labute approximate surface area is 183 Å². The Morgan fingerprint density at radius 2 is 1.35 bits per heavy atom. The first-order chi connectivity index (χ1) is 14.7. The van der Waals surface area contributed by atoms with E-state index in [2.05, 4.69) is 0 Å². The van der Waals surface area contributed by atoms with Crippen LogP contribution in [0.5, 0.6) is 23.0 Å². The highest BCUT2D eigenvalue weighted by Crippen LogP contribution is 2.38. The van der Waals surface area contributed by atoms with Crippen molar-refractivity contribution in [2.75, 3.05) is 34.2 Å². The fourth-order valence-corrected chi connectivity index (χ4v) is 2.58. The summed E-state index contributed by atoms with van der Waals surface area (Å²) < 4.78 is 21.2. The monoisotopic (exact) mass is 431 g/mol. The van der Waals surface area contributed by atoms with Gasteiger partial charge in [-0.25, -0.2) is 0 Å². The van der Waals surface area contributed by atoms with Gasteiger partial charge in [0.2, 0.25) is 11.7 Å². The van der Waals surface area contributed by atoms with Gasteiger partial charge < -0.3 is 36.1 Å². The first kappa shape index (κ1) is 25.6. The molecule has 2 aromatic carbocycles. The molecule has 2 aromatic rings. The molecule has 1 atom stereocenters. The van der Waals surface area contributed by atoms with Gasteiger partial charge in [0, 0.05) is 0 Å². The summed E-state index contributed by atoms with van der Waals surface area (Å²) in [6.07, 6.45) is 3.90. The summed E-state index contributed by atoms with van der Waals surface area (Å²) in [7, 11) is 6.36. The van der Waals surface area contributed by atoms with E-state index >= 15 is 0 Å². The second kappa shape index (κ2) is 12.3. The number of methoxy groups -OCH3 is 4. The highest BCUT2D eigenvalue weighted by Gasteiger charge is 2.12. The van der Waals surface area contributed by atoms with Crippen molar-refractivity contribution < 1.29 is 23.7 Å². The van der Waals surface area contributed by atoms with Crippen LogP contribution < -0.4 is 36.1 Å². The molecule has 0 spiro atoms. The number of carbonyl (C=O) groups excluding carboxylic acids is 1. The second-order valence-electron chi connectivity index (χ2n) is 6.97. The van der Waals surface area contributed by atoms with Crippen molar-refractivity contribution in [2.45, 2.75) is 19.9 Å². The number of nitrogen functional groups attached to an aromatic ring is 1. The number of hydrogen-bond acceptors (Lipinski definition) is 7. The van der Waals surface area contributed by atoms with Gasteiger partial charge >= 0.3 is 0 Å². The van der Waals surface area contributed by atoms with E-state index < -0.39 is 11.9 Å². The Morgan fingerprint density at radius 1 is 0.839 bits per heavy atom. The molecule has 0 saturated heterocycles. The first-order valence-electron chi connectivity index (χ1n) is 9.64. The second-order valence-corrected chi connectivity index (χ2v) is 6.97. The number of amides is 1. The Hall–Kier alpha value is -3.39. The lowest BCUT2D eigenvalue weighted by atomic mass is 10.1. The third-order valence-electron chi connectivity index (χ3n) is 4.46. The molecule has 0 unspecified atom stereocenters. The summed E-state index contributed by atoms with van der Waals surface area (Å²) in [5.41, 5.74) is 18.6. The van der Waals surface area contributed by atoms with Crippen LogP contribution in [0, 0.1) is 5.92 Å². The summed E-state index contributed by atoms with van der Waals surface area (Å²) in [6, 6.07) is 8.89. The molecule has 0 aromatic heterocycles. The predicted octanol–water partition coefficient (Wildman–Crippen LogP) is 2.93. The van der Waals surface area contributed by atoms with Gasteiger partial charge in [-0.1, -0.05) is 32.1 Å². The first-order valence-corrected chi connectivity index (χ1v) is 9.64. The molecular weight excluding hydrogens is 398 g/mol. The highest BCUT2D eigenvalue weighted by molar-refractivity contribution is 5.79. The molecule has 2 rings (SSSR count). The maximum Gasteiger partial charge on any atom is 0.234 e. The van der Waals surface area contributed by atoms with Crippen molar-refractivity contribution in [3.05, 3.63) is 41.5 Å². The van der Waals surface area contributed by atoms with Crippen LogP contribution in [-0.2, 0) is 4.79 Å². The zero-order valence-corrected chi connectivity index (χ0v) is 19.0. The number of benzene rings is 2. The molecule has 0 bridgehead atoms. The number of carbonyl (C=O) groups is 1. The van der Waals surface area contributed by atoms with Crippen molar-refractivity contribution in [3.8, 4) is 23.0 Å². The van der Waals surface area contributed by atoms with E-state index in [1.807, 2.05) is 56.3 Å². The van der Waals surface area contributed by atoms with Crippen LogP contribution in [0.15, 0.2) is 30.3 Å². The lowest BCUT2D eigenvalue weighted by Crippen LogP contribution is -2.40. The molecule has 8 nitrogen and oxygen atoms in total. The minimum atomic E-state index is -0.491. The standard InChI is InChI=1S/C18H21NO4.C5H12N2O/c1-20-15-8-7-12(9-14(15)19)5-6-13-10-16(21-2)18(23-4)17(11-13)22-3;1-3(2)4(6)5(7)8/h5-11H,19H2,1-4H3;3-4H,6H2,1-2H3,(H2,7,8)/t;4-/m.0/s1. The van der Waals surface area contributed by atoms with Crippen molar-refractivity contribution >= 4 is 23.7 Å². The van der Waals surface area contributed by atoms with Crippen LogP contribution in [0.4, 0.5) is 5.69 Å². The summed E-state index contributed by atoms with van der Waals surface area (Å²) in [4.78, 5) is 10.2. The largest absolute Gasteiger partial charge is 0.495 e. The van der Waals surface area contributed by atoms with Gasteiger partial charge in [-0.3, -0.25) is 4.79 Å². The van der Waals surface area contributed by atoms with Crippen molar-refractivity contribution in [3.63, 3.8) is 0 Å². The van der Waals surface area contributed by atoms with Crippen molar-refractivity contribution in [1.82, 2.24) is 0 Å². The zero-order valence-electron chi connectivity index (χ0n) is 19.0. The fourth-order valence-electron chi connectivity index (χ4n) is 2.58. The Morgan fingerprint density at radius 3 is 1.71 bits per heavy atom. The minimum Gasteiger partial charge on any atom is -0.495 e. The van der Waals surface area contributed by atoms with E-state index in [0.29, 0.717) is 28.7 Å². The number of hydrogen-bond donors (Lipinski definition) is 3. The molecular formula is C23H33N3O5.